The molecule has 0 aliphatic heterocycles. The summed E-state index contributed by atoms with van der Waals surface area (Å²) in [6, 6.07) is 5.99. The lowest BCUT2D eigenvalue weighted by atomic mass is 9.94. The highest BCUT2D eigenvalue weighted by Gasteiger charge is 2.38. The highest BCUT2D eigenvalue weighted by molar-refractivity contribution is 7.15. The molecule has 0 radical (unpaired) electrons. The molecular formula is C15H17FN2O3S. The number of halogens is 1. The Morgan fingerprint density at radius 2 is 2.23 bits per heavy atom. The molecule has 5 nitrogen and oxygen atoms in total. The lowest BCUT2D eigenvalue weighted by Crippen LogP contribution is -2.40. The smallest absolute Gasteiger partial charge is 0.262 e. The van der Waals surface area contributed by atoms with Gasteiger partial charge in [-0.1, -0.05) is 18.2 Å². The molecule has 0 saturated heterocycles. The number of carbonyl (C=O) groups is 1. The third-order valence-electron chi connectivity index (χ3n) is 3.36. The van der Waals surface area contributed by atoms with Gasteiger partial charge in [-0.15, -0.1) is 11.3 Å². The Kier molecular flexibility index (Phi) is 5.23. The Morgan fingerprint density at radius 3 is 2.86 bits per heavy atom. The van der Waals surface area contributed by atoms with E-state index in [1.807, 2.05) is 0 Å². The molecule has 7 heteroatoms. The maximum atomic E-state index is 14.0. The Morgan fingerprint density at radius 1 is 1.50 bits per heavy atom. The summed E-state index contributed by atoms with van der Waals surface area (Å²) in [5.74, 6) is -1.02. The number of carbonyl (C=O) groups excluding carboxylic acids is 1. The van der Waals surface area contributed by atoms with Crippen molar-refractivity contribution in [3.8, 4) is 0 Å². The van der Waals surface area contributed by atoms with Crippen LogP contribution in [0.5, 0.6) is 0 Å². The van der Waals surface area contributed by atoms with Crippen LogP contribution in [0.2, 0.25) is 0 Å². The second kappa shape index (κ2) is 6.95. The van der Waals surface area contributed by atoms with Gasteiger partial charge in [0, 0.05) is 36.8 Å². The van der Waals surface area contributed by atoms with E-state index in [1.165, 1.54) is 37.5 Å². The molecule has 0 aliphatic rings. The second-order valence-corrected chi connectivity index (χ2v) is 5.89. The molecule has 1 heterocycles. The minimum atomic E-state index is -1.46. The molecule has 1 amide bonds. The first-order valence-corrected chi connectivity index (χ1v) is 7.50. The zero-order valence-electron chi connectivity index (χ0n) is 12.3. The van der Waals surface area contributed by atoms with Gasteiger partial charge in [0.25, 0.3) is 5.91 Å². The summed E-state index contributed by atoms with van der Waals surface area (Å²) in [6.07, 6.45) is 2.06. The fourth-order valence-corrected chi connectivity index (χ4v) is 2.78. The van der Waals surface area contributed by atoms with Gasteiger partial charge in [0.2, 0.25) is 0 Å². The number of hydrogen-bond acceptors (Lipinski definition) is 5. The van der Waals surface area contributed by atoms with Crippen molar-refractivity contribution >= 4 is 22.4 Å². The standard InChI is InChI=1S/C15H17FN2O3S/c1-15(21-2,11-5-3-4-6-12(11)16)13(20)18-14-17-9-10(22-14)7-8-19/h3-6,9,19H,7-8H2,1-2H3,(H,17,18,20)/t15-/m0/s1. The lowest BCUT2D eigenvalue weighted by Gasteiger charge is -2.27. The summed E-state index contributed by atoms with van der Waals surface area (Å²) in [5, 5.41) is 11.9. The van der Waals surface area contributed by atoms with Crippen molar-refractivity contribution in [2.24, 2.45) is 0 Å². The number of aliphatic hydroxyl groups is 1. The molecule has 2 N–H and O–H groups in total. The number of hydrogen-bond donors (Lipinski definition) is 2. The fourth-order valence-electron chi connectivity index (χ4n) is 1.98. The number of anilines is 1. The highest BCUT2D eigenvalue weighted by Crippen LogP contribution is 2.29. The van der Waals surface area contributed by atoms with Crippen LogP contribution in [0.4, 0.5) is 9.52 Å². The average Bonchev–Trinajstić information content (AvgIpc) is 2.94. The maximum Gasteiger partial charge on any atom is 0.262 e. The molecule has 0 unspecified atom stereocenters. The number of thiazole rings is 1. The minimum absolute atomic E-state index is 0.0145. The molecule has 0 aliphatic carbocycles. The Balaban J connectivity index is 2.22. The molecule has 2 rings (SSSR count). The van der Waals surface area contributed by atoms with Gasteiger partial charge in [0.1, 0.15) is 5.82 Å². The van der Waals surface area contributed by atoms with Crippen molar-refractivity contribution in [1.29, 1.82) is 0 Å². The van der Waals surface area contributed by atoms with Crippen LogP contribution in [0.1, 0.15) is 17.4 Å². The van der Waals surface area contributed by atoms with E-state index >= 15 is 0 Å². The SMILES string of the molecule is CO[C@](C)(C(=O)Nc1ncc(CCO)s1)c1ccccc1F. The first-order valence-electron chi connectivity index (χ1n) is 6.68. The number of nitrogens with one attached hydrogen (secondary N) is 1. The van der Waals surface area contributed by atoms with E-state index in [9.17, 15) is 9.18 Å². The average molecular weight is 324 g/mol. The number of methoxy groups -OCH3 is 1. The highest BCUT2D eigenvalue weighted by atomic mass is 32.1. The second-order valence-electron chi connectivity index (χ2n) is 4.78. The summed E-state index contributed by atoms with van der Waals surface area (Å²) < 4.78 is 19.3. The minimum Gasteiger partial charge on any atom is -0.396 e. The van der Waals surface area contributed by atoms with Gasteiger partial charge in [-0.25, -0.2) is 9.37 Å². The van der Waals surface area contributed by atoms with E-state index in [-0.39, 0.29) is 12.2 Å². The molecule has 0 fully saturated rings. The summed E-state index contributed by atoms with van der Waals surface area (Å²) >= 11 is 1.26. The van der Waals surface area contributed by atoms with E-state index in [2.05, 4.69) is 10.3 Å². The zero-order valence-corrected chi connectivity index (χ0v) is 13.1. The van der Waals surface area contributed by atoms with Gasteiger partial charge in [-0.3, -0.25) is 10.1 Å². The van der Waals surface area contributed by atoms with Crippen molar-refractivity contribution in [2.45, 2.75) is 18.9 Å². The van der Waals surface area contributed by atoms with E-state index in [1.54, 1.807) is 18.3 Å². The molecule has 0 spiro atoms. The van der Waals surface area contributed by atoms with Crippen LogP contribution in [0.3, 0.4) is 0 Å². The first-order chi connectivity index (χ1) is 10.5. The molecule has 22 heavy (non-hydrogen) atoms. The number of ether oxygens (including phenoxy) is 1. The number of aromatic nitrogens is 1. The van der Waals surface area contributed by atoms with Crippen LogP contribution < -0.4 is 5.32 Å². The van der Waals surface area contributed by atoms with Crippen LogP contribution in [-0.4, -0.2) is 29.7 Å². The van der Waals surface area contributed by atoms with E-state index < -0.39 is 17.3 Å². The van der Waals surface area contributed by atoms with Crippen LogP contribution in [-0.2, 0) is 21.6 Å². The number of aliphatic hydroxyl groups excluding tert-OH is 1. The number of benzene rings is 1. The number of rotatable bonds is 6. The lowest BCUT2D eigenvalue weighted by molar-refractivity contribution is -0.137. The molecule has 0 saturated carbocycles. The summed E-state index contributed by atoms with van der Waals surface area (Å²) in [6.45, 7) is 1.52. The summed E-state index contributed by atoms with van der Waals surface area (Å²) in [4.78, 5) is 17.4. The van der Waals surface area contributed by atoms with Crippen LogP contribution in [0.15, 0.2) is 30.5 Å². The normalized spacial score (nSPS) is 13.6. The molecule has 1 aromatic heterocycles. The molecule has 0 bridgehead atoms. The monoisotopic (exact) mass is 324 g/mol. The molecule has 118 valence electrons. The van der Waals surface area contributed by atoms with Gasteiger partial charge < -0.3 is 9.84 Å². The van der Waals surface area contributed by atoms with Gasteiger partial charge in [0.15, 0.2) is 10.7 Å². The van der Waals surface area contributed by atoms with Crippen LogP contribution in [0, 0.1) is 5.82 Å². The zero-order chi connectivity index (χ0) is 16.2. The predicted molar refractivity (Wildman–Crippen MR) is 82.3 cm³/mol. The topological polar surface area (TPSA) is 71.5 Å². The van der Waals surface area contributed by atoms with Gasteiger partial charge in [-0.05, 0) is 13.0 Å². The Labute approximate surface area is 131 Å². The quantitative estimate of drug-likeness (QED) is 0.855. The third-order valence-corrected chi connectivity index (χ3v) is 4.33. The van der Waals surface area contributed by atoms with E-state index in [4.69, 9.17) is 9.84 Å². The van der Waals surface area contributed by atoms with Gasteiger partial charge in [-0.2, -0.15) is 0 Å². The largest absolute Gasteiger partial charge is 0.396 e. The van der Waals surface area contributed by atoms with Crippen molar-refractivity contribution in [2.75, 3.05) is 19.0 Å². The van der Waals surface area contributed by atoms with E-state index in [0.29, 0.717) is 11.6 Å². The summed E-state index contributed by atoms with van der Waals surface area (Å²) in [7, 11) is 1.35. The van der Waals surface area contributed by atoms with Crippen molar-refractivity contribution < 1.29 is 19.0 Å². The van der Waals surface area contributed by atoms with E-state index in [0.717, 1.165) is 4.88 Å². The molecule has 1 aromatic carbocycles. The molecular weight excluding hydrogens is 307 g/mol. The predicted octanol–water partition coefficient (Wildman–Crippen LogP) is 2.32. The first kappa shape index (κ1) is 16.5. The van der Waals surface area contributed by atoms with Gasteiger partial charge >= 0.3 is 0 Å². The third kappa shape index (κ3) is 3.32. The van der Waals surface area contributed by atoms with Crippen molar-refractivity contribution in [1.82, 2.24) is 4.98 Å². The van der Waals surface area contributed by atoms with Crippen molar-refractivity contribution in [3.05, 3.63) is 46.7 Å². The van der Waals surface area contributed by atoms with Gasteiger partial charge in [0.05, 0.1) is 0 Å². The number of nitrogens with zero attached hydrogens (tertiary/aromatic N) is 1. The molecule has 2 aromatic rings. The Hall–Kier alpha value is -1.83. The van der Waals surface area contributed by atoms with Crippen LogP contribution >= 0.6 is 11.3 Å². The fraction of sp³-hybridized carbons (Fsp3) is 0.333. The van der Waals surface area contributed by atoms with Crippen LogP contribution in [0.25, 0.3) is 0 Å². The molecule has 1 atom stereocenters. The van der Waals surface area contributed by atoms with Crippen molar-refractivity contribution in [3.63, 3.8) is 0 Å². The summed E-state index contributed by atoms with van der Waals surface area (Å²) in [5.41, 5.74) is -1.31. The maximum absolute atomic E-state index is 14.0. The Bertz CT molecular complexity index is 662. The number of amides is 1.